The monoisotopic (exact) mass is 289 g/mol. The third kappa shape index (κ3) is 3.84. The molecule has 1 amide bonds. The number of ether oxygens (including phenoxy) is 1. The molecule has 1 atom stereocenters. The van der Waals surface area contributed by atoms with Gasteiger partial charge in [-0.1, -0.05) is 37.3 Å². The van der Waals surface area contributed by atoms with Gasteiger partial charge < -0.3 is 9.64 Å². The van der Waals surface area contributed by atoms with Gasteiger partial charge >= 0.3 is 5.97 Å². The van der Waals surface area contributed by atoms with Crippen LogP contribution in [-0.2, 0) is 20.7 Å². The molecule has 4 heteroatoms. The van der Waals surface area contributed by atoms with Crippen molar-refractivity contribution >= 4 is 11.9 Å². The first kappa shape index (κ1) is 15.5. The Bertz CT molecular complexity index is 500. The zero-order valence-electron chi connectivity index (χ0n) is 12.8. The van der Waals surface area contributed by atoms with E-state index in [-0.39, 0.29) is 18.3 Å². The van der Waals surface area contributed by atoms with Gasteiger partial charge in [-0.3, -0.25) is 9.59 Å². The van der Waals surface area contributed by atoms with Crippen molar-refractivity contribution in [2.45, 2.75) is 32.6 Å². The molecule has 0 aliphatic carbocycles. The summed E-state index contributed by atoms with van der Waals surface area (Å²) in [6.07, 6.45) is 2.83. The van der Waals surface area contributed by atoms with Crippen molar-refractivity contribution in [3.8, 4) is 0 Å². The Morgan fingerprint density at radius 1 is 1.33 bits per heavy atom. The standard InChI is InChI=1S/C17H23NO3/c1-17(13-15(19)21-2)10-12-18(16(17)20)11-6-9-14-7-4-3-5-8-14/h3-5,7-8H,6,9-13H2,1-2H3. The zero-order valence-corrected chi connectivity index (χ0v) is 12.8. The van der Waals surface area contributed by atoms with Crippen LogP contribution in [0.15, 0.2) is 30.3 Å². The molecule has 2 rings (SSSR count). The van der Waals surface area contributed by atoms with Gasteiger partial charge in [0, 0.05) is 13.1 Å². The van der Waals surface area contributed by atoms with Crippen LogP contribution in [0, 0.1) is 5.41 Å². The van der Waals surface area contributed by atoms with E-state index in [4.69, 9.17) is 4.74 Å². The van der Waals surface area contributed by atoms with Crippen LogP contribution in [-0.4, -0.2) is 37.0 Å². The van der Waals surface area contributed by atoms with Crippen LogP contribution in [0.1, 0.15) is 31.7 Å². The number of likely N-dealkylation sites (tertiary alicyclic amines) is 1. The Labute approximate surface area is 126 Å². The molecule has 0 spiro atoms. The van der Waals surface area contributed by atoms with Crippen LogP contribution in [0.4, 0.5) is 0 Å². The molecule has 21 heavy (non-hydrogen) atoms. The van der Waals surface area contributed by atoms with Crippen molar-refractivity contribution in [3.05, 3.63) is 35.9 Å². The second-order valence-electron chi connectivity index (χ2n) is 5.94. The number of hydrogen-bond acceptors (Lipinski definition) is 3. The quantitative estimate of drug-likeness (QED) is 0.756. The van der Waals surface area contributed by atoms with Crippen LogP contribution < -0.4 is 0 Å². The molecular formula is C17H23NO3. The highest BCUT2D eigenvalue weighted by atomic mass is 16.5. The molecule has 1 aliphatic heterocycles. The smallest absolute Gasteiger partial charge is 0.306 e. The predicted molar refractivity (Wildman–Crippen MR) is 80.7 cm³/mol. The lowest BCUT2D eigenvalue weighted by Gasteiger charge is -2.22. The third-order valence-electron chi connectivity index (χ3n) is 4.24. The summed E-state index contributed by atoms with van der Waals surface area (Å²) in [5.74, 6) is -0.224. The van der Waals surface area contributed by atoms with Gasteiger partial charge in [-0.05, 0) is 24.8 Å². The summed E-state index contributed by atoms with van der Waals surface area (Å²) in [7, 11) is 1.36. The van der Waals surface area contributed by atoms with E-state index in [1.54, 1.807) is 0 Å². The third-order valence-corrected chi connectivity index (χ3v) is 4.24. The van der Waals surface area contributed by atoms with E-state index in [9.17, 15) is 9.59 Å². The van der Waals surface area contributed by atoms with E-state index in [1.807, 2.05) is 30.0 Å². The Morgan fingerprint density at radius 2 is 2.05 bits per heavy atom. The molecule has 0 bridgehead atoms. The van der Waals surface area contributed by atoms with Gasteiger partial charge in [-0.15, -0.1) is 0 Å². The molecule has 1 aromatic rings. The fourth-order valence-electron chi connectivity index (χ4n) is 2.86. The number of aryl methyl sites for hydroxylation is 1. The molecule has 1 heterocycles. The van der Waals surface area contributed by atoms with Gasteiger partial charge in [0.2, 0.25) is 5.91 Å². The van der Waals surface area contributed by atoms with Gasteiger partial charge in [0.1, 0.15) is 0 Å². The summed E-state index contributed by atoms with van der Waals surface area (Å²) < 4.78 is 4.69. The predicted octanol–water partition coefficient (Wildman–Crippen LogP) is 2.42. The number of benzene rings is 1. The van der Waals surface area contributed by atoms with E-state index >= 15 is 0 Å². The molecule has 1 unspecified atom stereocenters. The summed E-state index contributed by atoms with van der Waals surface area (Å²) in [5.41, 5.74) is 0.710. The van der Waals surface area contributed by atoms with Crippen molar-refractivity contribution in [2.75, 3.05) is 20.2 Å². The fourth-order valence-corrected chi connectivity index (χ4v) is 2.86. The summed E-state index contributed by atoms with van der Waals surface area (Å²) in [5, 5.41) is 0. The van der Waals surface area contributed by atoms with E-state index in [0.29, 0.717) is 0 Å². The number of carbonyl (C=O) groups excluding carboxylic acids is 2. The summed E-state index contributed by atoms with van der Waals surface area (Å²) in [6, 6.07) is 10.3. The number of amides is 1. The summed E-state index contributed by atoms with van der Waals surface area (Å²) in [6.45, 7) is 3.36. The lowest BCUT2D eigenvalue weighted by atomic mass is 9.85. The lowest BCUT2D eigenvalue weighted by molar-refractivity contribution is -0.148. The van der Waals surface area contributed by atoms with Gasteiger partial charge in [0.15, 0.2) is 0 Å². The highest BCUT2D eigenvalue weighted by Crippen LogP contribution is 2.35. The number of methoxy groups -OCH3 is 1. The van der Waals surface area contributed by atoms with Crippen molar-refractivity contribution in [2.24, 2.45) is 5.41 Å². The Kier molecular flexibility index (Phi) is 4.99. The second-order valence-corrected chi connectivity index (χ2v) is 5.94. The van der Waals surface area contributed by atoms with Gasteiger partial charge in [0.25, 0.3) is 0 Å². The maximum Gasteiger partial charge on any atom is 0.306 e. The minimum Gasteiger partial charge on any atom is -0.469 e. The molecule has 1 fully saturated rings. The van der Waals surface area contributed by atoms with Crippen LogP contribution in [0.3, 0.4) is 0 Å². The summed E-state index contributed by atoms with van der Waals surface area (Å²) >= 11 is 0. The molecule has 1 aliphatic rings. The number of hydrogen-bond donors (Lipinski definition) is 0. The normalized spacial score (nSPS) is 21.6. The maximum atomic E-state index is 12.4. The van der Waals surface area contributed by atoms with Crippen LogP contribution in [0.5, 0.6) is 0 Å². The molecule has 1 saturated heterocycles. The van der Waals surface area contributed by atoms with Crippen LogP contribution in [0.25, 0.3) is 0 Å². The van der Waals surface area contributed by atoms with Crippen LogP contribution in [0.2, 0.25) is 0 Å². The molecular weight excluding hydrogens is 266 g/mol. The zero-order chi connectivity index (χ0) is 15.3. The SMILES string of the molecule is COC(=O)CC1(C)CCN(CCCc2ccccc2)C1=O. The number of carbonyl (C=O) groups is 2. The van der Waals surface area contributed by atoms with Crippen molar-refractivity contribution in [1.29, 1.82) is 0 Å². The largest absolute Gasteiger partial charge is 0.469 e. The van der Waals surface area contributed by atoms with E-state index < -0.39 is 5.41 Å². The number of nitrogens with zero attached hydrogens (tertiary/aromatic N) is 1. The number of esters is 1. The van der Waals surface area contributed by atoms with E-state index in [1.165, 1.54) is 12.7 Å². The molecule has 0 radical (unpaired) electrons. The first-order valence-corrected chi connectivity index (χ1v) is 7.45. The topological polar surface area (TPSA) is 46.6 Å². The second kappa shape index (κ2) is 6.74. The minimum absolute atomic E-state index is 0.0842. The molecule has 0 saturated carbocycles. The summed E-state index contributed by atoms with van der Waals surface area (Å²) in [4.78, 5) is 25.8. The Morgan fingerprint density at radius 3 is 2.71 bits per heavy atom. The van der Waals surface area contributed by atoms with Gasteiger partial charge in [-0.2, -0.15) is 0 Å². The molecule has 114 valence electrons. The maximum absolute atomic E-state index is 12.4. The van der Waals surface area contributed by atoms with E-state index in [0.717, 1.165) is 32.4 Å². The highest BCUT2D eigenvalue weighted by molar-refractivity contribution is 5.88. The average molecular weight is 289 g/mol. The Hall–Kier alpha value is -1.84. The fraction of sp³-hybridized carbons (Fsp3) is 0.529. The van der Waals surface area contributed by atoms with Gasteiger partial charge in [0.05, 0.1) is 18.9 Å². The lowest BCUT2D eigenvalue weighted by Crippen LogP contribution is -2.35. The van der Waals surface area contributed by atoms with Gasteiger partial charge in [-0.25, -0.2) is 0 Å². The average Bonchev–Trinajstić information content (AvgIpc) is 2.76. The van der Waals surface area contributed by atoms with Crippen LogP contribution >= 0.6 is 0 Å². The number of rotatable bonds is 6. The van der Waals surface area contributed by atoms with Crippen molar-refractivity contribution < 1.29 is 14.3 Å². The molecule has 4 nitrogen and oxygen atoms in total. The first-order valence-electron chi connectivity index (χ1n) is 7.45. The van der Waals surface area contributed by atoms with E-state index in [2.05, 4.69) is 12.1 Å². The highest BCUT2D eigenvalue weighted by Gasteiger charge is 2.44. The minimum atomic E-state index is -0.583. The van der Waals surface area contributed by atoms with Crippen molar-refractivity contribution in [3.63, 3.8) is 0 Å². The molecule has 0 aromatic heterocycles. The molecule has 0 N–H and O–H groups in total. The first-order chi connectivity index (χ1) is 10.0. The Balaban J connectivity index is 1.83. The molecule has 1 aromatic carbocycles. The van der Waals surface area contributed by atoms with Crippen molar-refractivity contribution in [1.82, 2.24) is 4.90 Å².